The normalized spacial score (nSPS) is 10.3. The Morgan fingerprint density at radius 2 is 1.76 bits per heavy atom. The molecule has 25 heavy (non-hydrogen) atoms. The van der Waals surface area contributed by atoms with Gasteiger partial charge in [-0.3, -0.25) is 4.79 Å². The Kier molecular flexibility index (Phi) is 6.98. The Bertz CT molecular complexity index is 712. The highest BCUT2D eigenvalue weighted by Gasteiger charge is 2.12. The lowest BCUT2D eigenvalue weighted by Gasteiger charge is -2.09. The first kappa shape index (κ1) is 18.5. The number of benzene rings is 2. The first-order chi connectivity index (χ1) is 12.1. The molecule has 0 unspecified atom stereocenters. The first-order valence-electron chi connectivity index (χ1n) is 7.88. The highest BCUT2D eigenvalue weighted by Crippen LogP contribution is 2.13. The van der Waals surface area contributed by atoms with E-state index in [1.165, 1.54) is 6.07 Å². The number of methoxy groups -OCH3 is 1. The van der Waals surface area contributed by atoms with Crippen LogP contribution in [0.5, 0.6) is 5.75 Å². The third-order valence-corrected chi connectivity index (χ3v) is 3.57. The third-order valence-electron chi connectivity index (χ3n) is 3.57. The molecule has 0 aromatic heterocycles. The van der Waals surface area contributed by atoms with Gasteiger partial charge in [0.05, 0.1) is 18.6 Å². The highest BCUT2D eigenvalue weighted by molar-refractivity contribution is 5.91. The van der Waals surface area contributed by atoms with E-state index in [2.05, 4.69) is 5.32 Å². The number of ether oxygens (including phenoxy) is 2. The average molecular weight is 343 g/mol. The predicted octanol–water partition coefficient (Wildman–Crippen LogP) is 2.27. The van der Waals surface area contributed by atoms with E-state index < -0.39 is 5.97 Å². The third kappa shape index (κ3) is 5.93. The summed E-state index contributed by atoms with van der Waals surface area (Å²) in [6, 6.07) is 13.9. The largest absolute Gasteiger partial charge is 0.491 e. The van der Waals surface area contributed by atoms with Crippen molar-refractivity contribution in [3.8, 4) is 5.75 Å². The molecule has 0 bridgehead atoms. The molecule has 2 aromatic carbocycles. The van der Waals surface area contributed by atoms with Crippen LogP contribution in [0, 0.1) is 0 Å². The number of hydrogen-bond acceptors (Lipinski definition) is 4. The minimum atomic E-state index is -1.03. The van der Waals surface area contributed by atoms with Gasteiger partial charge >= 0.3 is 5.97 Å². The fourth-order valence-electron chi connectivity index (χ4n) is 2.27. The molecule has 0 heterocycles. The lowest BCUT2D eigenvalue weighted by atomic mass is 10.0. The van der Waals surface area contributed by atoms with Crippen molar-refractivity contribution in [1.29, 1.82) is 0 Å². The van der Waals surface area contributed by atoms with Crippen molar-refractivity contribution in [2.75, 3.05) is 20.3 Å². The van der Waals surface area contributed by atoms with Gasteiger partial charge in [0.15, 0.2) is 0 Å². The fourth-order valence-corrected chi connectivity index (χ4v) is 2.27. The van der Waals surface area contributed by atoms with Gasteiger partial charge < -0.3 is 19.9 Å². The topological polar surface area (TPSA) is 84.9 Å². The number of carbonyl (C=O) groups is 2. The average Bonchev–Trinajstić information content (AvgIpc) is 2.61. The monoisotopic (exact) mass is 343 g/mol. The van der Waals surface area contributed by atoms with Crippen LogP contribution in [0.4, 0.5) is 0 Å². The van der Waals surface area contributed by atoms with Crippen LogP contribution < -0.4 is 10.1 Å². The molecule has 0 aliphatic carbocycles. The lowest BCUT2D eigenvalue weighted by molar-refractivity contribution is -0.120. The second-order valence-electron chi connectivity index (χ2n) is 5.40. The van der Waals surface area contributed by atoms with E-state index in [1.54, 1.807) is 25.3 Å². The lowest BCUT2D eigenvalue weighted by Crippen LogP contribution is -2.25. The van der Waals surface area contributed by atoms with Crippen molar-refractivity contribution in [2.45, 2.75) is 13.0 Å². The summed E-state index contributed by atoms with van der Waals surface area (Å²) in [6.45, 7) is 1.37. The van der Waals surface area contributed by atoms with E-state index >= 15 is 0 Å². The quantitative estimate of drug-likeness (QED) is 0.682. The van der Waals surface area contributed by atoms with Crippen molar-refractivity contribution < 1.29 is 24.2 Å². The van der Waals surface area contributed by atoms with Crippen molar-refractivity contribution in [2.24, 2.45) is 0 Å². The molecule has 0 saturated carbocycles. The zero-order valence-corrected chi connectivity index (χ0v) is 14.0. The summed E-state index contributed by atoms with van der Waals surface area (Å²) in [7, 11) is 1.62. The van der Waals surface area contributed by atoms with Crippen molar-refractivity contribution in [3.05, 3.63) is 65.2 Å². The molecule has 2 N–H and O–H groups in total. The summed E-state index contributed by atoms with van der Waals surface area (Å²) in [6.07, 6.45) is 0.0285. The molecule has 0 aliphatic rings. The molecule has 2 rings (SSSR count). The molecular weight excluding hydrogens is 322 g/mol. The zero-order valence-electron chi connectivity index (χ0n) is 14.0. The summed E-state index contributed by atoms with van der Waals surface area (Å²) in [4.78, 5) is 23.2. The maximum Gasteiger partial charge on any atom is 0.335 e. The van der Waals surface area contributed by atoms with Crippen molar-refractivity contribution >= 4 is 11.9 Å². The summed E-state index contributed by atoms with van der Waals surface area (Å²) >= 11 is 0. The number of rotatable bonds is 9. The van der Waals surface area contributed by atoms with Crippen molar-refractivity contribution in [3.63, 3.8) is 0 Å². The Morgan fingerprint density at radius 3 is 2.44 bits per heavy atom. The summed E-state index contributed by atoms with van der Waals surface area (Å²) < 4.78 is 10.4. The van der Waals surface area contributed by atoms with Gasteiger partial charge in [-0.15, -0.1) is 0 Å². The van der Waals surface area contributed by atoms with Gasteiger partial charge in [-0.1, -0.05) is 30.3 Å². The highest BCUT2D eigenvalue weighted by atomic mass is 16.5. The van der Waals surface area contributed by atoms with Crippen LogP contribution in [-0.4, -0.2) is 37.3 Å². The van der Waals surface area contributed by atoms with Gasteiger partial charge in [-0.2, -0.15) is 0 Å². The summed E-state index contributed by atoms with van der Waals surface area (Å²) in [5.74, 6) is -0.524. The van der Waals surface area contributed by atoms with Gasteiger partial charge in [0.2, 0.25) is 5.91 Å². The SMILES string of the molecule is COCCOc1ccc(CNC(=O)Cc2ccccc2C(=O)O)cc1. The standard InChI is InChI=1S/C19H21NO5/c1-24-10-11-25-16-8-6-14(7-9-16)13-20-18(21)12-15-4-2-3-5-17(15)19(22)23/h2-9H,10-13H2,1H3,(H,20,21)(H,22,23). The number of aromatic carboxylic acids is 1. The van der Waals surface area contributed by atoms with Crippen LogP contribution in [-0.2, 0) is 22.5 Å². The van der Waals surface area contributed by atoms with Gasteiger partial charge in [0.1, 0.15) is 12.4 Å². The van der Waals surface area contributed by atoms with E-state index in [0.717, 1.165) is 11.3 Å². The van der Waals surface area contributed by atoms with Gasteiger partial charge in [-0.05, 0) is 29.3 Å². The molecule has 0 atom stereocenters. The fraction of sp³-hybridized carbons (Fsp3) is 0.263. The maximum absolute atomic E-state index is 12.1. The molecule has 0 spiro atoms. The molecule has 1 amide bonds. The van der Waals surface area contributed by atoms with Gasteiger partial charge in [0, 0.05) is 13.7 Å². The number of hydrogen-bond donors (Lipinski definition) is 2. The second-order valence-corrected chi connectivity index (χ2v) is 5.40. The minimum absolute atomic E-state index is 0.0285. The molecular formula is C19H21NO5. The van der Waals surface area contributed by atoms with E-state index in [9.17, 15) is 9.59 Å². The number of nitrogens with one attached hydrogen (secondary N) is 1. The molecule has 0 radical (unpaired) electrons. The smallest absolute Gasteiger partial charge is 0.335 e. The number of carbonyl (C=O) groups excluding carboxylic acids is 1. The number of carboxylic acid groups (broad SMARTS) is 1. The molecule has 6 heteroatoms. The predicted molar refractivity (Wildman–Crippen MR) is 92.8 cm³/mol. The Morgan fingerprint density at radius 1 is 1.04 bits per heavy atom. The second kappa shape index (κ2) is 9.44. The summed E-state index contributed by atoms with van der Waals surface area (Å²) in [5.41, 5.74) is 1.57. The summed E-state index contributed by atoms with van der Waals surface area (Å²) in [5, 5.41) is 11.9. The van der Waals surface area contributed by atoms with Crippen molar-refractivity contribution in [1.82, 2.24) is 5.32 Å². The molecule has 2 aromatic rings. The van der Waals surface area contributed by atoms with Crippen LogP contribution in [0.15, 0.2) is 48.5 Å². The van der Waals surface area contributed by atoms with Crippen LogP contribution >= 0.6 is 0 Å². The molecule has 0 saturated heterocycles. The Labute approximate surface area is 146 Å². The van der Waals surface area contributed by atoms with Crippen LogP contribution in [0.1, 0.15) is 21.5 Å². The van der Waals surface area contributed by atoms with Crippen LogP contribution in [0.2, 0.25) is 0 Å². The number of carboxylic acids is 1. The Hall–Kier alpha value is -2.86. The maximum atomic E-state index is 12.1. The number of amides is 1. The van der Waals surface area contributed by atoms with Crippen LogP contribution in [0.3, 0.4) is 0 Å². The zero-order chi connectivity index (χ0) is 18.1. The van der Waals surface area contributed by atoms with Gasteiger partial charge in [-0.25, -0.2) is 4.79 Å². The minimum Gasteiger partial charge on any atom is -0.491 e. The Balaban J connectivity index is 1.85. The van der Waals surface area contributed by atoms with Gasteiger partial charge in [0.25, 0.3) is 0 Å². The van der Waals surface area contributed by atoms with E-state index in [4.69, 9.17) is 14.6 Å². The van der Waals surface area contributed by atoms with E-state index in [-0.39, 0.29) is 17.9 Å². The first-order valence-corrected chi connectivity index (χ1v) is 7.88. The molecule has 0 aliphatic heterocycles. The van der Waals surface area contributed by atoms with E-state index in [0.29, 0.717) is 25.3 Å². The molecule has 6 nitrogen and oxygen atoms in total. The van der Waals surface area contributed by atoms with E-state index in [1.807, 2.05) is 24.3 Å². The molecule has 0 fully saturated rings. The molecule has 132 valence electrons. The van der Waals surface area contributed by atoms with Crippen LogP contribution in [0.25, 0.3) is 0 Å².